The van der Waals surface area contributed by atoms with Crippen molar-refractivity contribution in [2.75, 3.05) is 16.8 Å². The zero-order chi connectivity index (χ0) is 17.9. The fraction of sp³-hybridized carbons (Fsp3) is 0.150. The Morgan fingerprint density at radius 2 is 1.85 bits per heavy atom. The molecular weight excluding hydrogens is 328 g/mol. The summed E-state index contributed by atoms with van der Waals surface area (Å²) in [6.45, 7) is 0.751. The van der Waals surface area contributed by atoms with Crippen LogP contribution < -0.4 is 10.2 Å². The minimum atomic E-state index is -0.260. The van der Waals surface area contributed by atoms with Crippen LogP contribution in [0.3, 0.4) is 0 Å². The molecule has 1 aliphatic rings. The van der Waals surface area contributed by atoms with Gasteiger partial charge >= 0.3 is 0 Å². The summed E-state index contributed by atoms with van der Waals surface area (Å²) in [4.78, 5) is 26.0. The number of rotatable bonds is 4. The van der Waals surface area contributed by atoms with Crippen LogP contribution in [0.1, 0.15) is 23.3 Å². The molecule has 2 heterocycles. The van der Waals surface area contributed by atoms with Crippen LogP contribution in [0.25, 0.3) is 11.3 Å². The maximum Gasteiger partial charge on any atom is 0.273 e. The second-order valence-electron chi connectivity index (χ2n) is 6.18. The van der Waals surface area contributed by atoms with Gasteiger partial charge in [-0.25, -0.2) is 0 Å². The van der Waals surface area contributed by atoms with Crippen LogP contribution in [0.4, 0.5) is 11.4 Å². The third-order valence-electron chi connectivity index (χ3n) is 4.40. The molecule has 2 amide bonds. The van der Waals surface area contributed by atoms with E-state index in [1.165, 1.54) is 0 Å². The predicted molar refractivity (Wildman–Crippen MR) is 100 cm³/mol. The highest BCUT2D eigenvalue weighted by Gasteiger charge is 2.21. The van der Waals surface area contributed by atoms with Crippen molar-refractivity contribution in [2.45, 2.75) is 12.8 Å². The van der Waals surface area contributed by atoms with Crippen LogP contribution in [0.5, 0.6) is 0 Å². The Morgan fingerprint density at radius 1 is 1.08 bits per heavy atom. The number of amides is 2. The van der Waals surface area contributed by atoms with Gasteiger partial charge in [0.15, 0.2) is 0 Å². The first-order valence-corrected chi connectivity index (χ1v) is 8.53. The first-order valence-electron chi connectivity index (χ1n) is 8.53. The van der Waals surface area contributed by atoms with Crippen LogP contribution in [-0.2, 0) is 4.79 Å². The summed E-state index contributed by atoms with van der Waals surface area (Å²) in [6, 6.07) is 18.7. The van der Waals surface area contributed by atoms with Crippen LogP contribution in [-0.4, -0.2) is 28.6 Å². The zero-order valence-corrected chi connectivity index (χ0v) is 14.1. The highest BCUT2D eigenvalue weighted by Crippen LogP contribution is 2.23. The van der Waals surface area contributed by atoms with Crippen LogP contribution in [0, 0.1) is 0 Å². The molecule has 2 aromatic carbocycles. The predicted octanol–water partition coefficient (Wildman–Crippen LogP) is 3.46. The van der Waals surface area contributed by atoms with Gasteiger partial charge in [-0.3, -0.25) is 14.7 Å². The number of carbonyl (C=O) groups is 2. The van der Waals surface area contributed by atoms with E-state index in [1.807, 2.05) is 42.5 Å². The summed E-state index contributed by atoms with van der Waals surface area (Å²) in [5, 5.41) is 9.80. The molecule has 1 fully saturated rings. The van der Waals surface area contributed by atoms with Gasteiger partial charge in [0, 0.05) is 29.9 Å². The smallest absolute Gasteiger partial charge is 0.273 e. The van der Waals surface area contributed by atoms with E-state index >= 15 is 0 Å². The third-order valence-corrected chi connectivity index (χ3v) is 4.40. The second kappa shape index (κ2) is 6.84. The first-order chi connectivity index (χ1) is 12.7. The number of aromatic amines is 1. The van der Waals surface area contributed by atoms with Crippen molar-refractivity contribution in [1.82, 2.24) is 10.2 Å². The summed E-state index contributed by atoms with van der Waals surface area (Å²) in [5.41, 5.74) is 3.59. The summed E-state index contributed by atoms with van der Waals surface area (Å²) < 4.78 is 0. The molecule has 26 heavy (non-hydrogen) atoms. The average molecular weight is 346 g/mol. The number of hydrogen-bond donors (Lipinski definition) is 2. The lowest BCUT2D eigenvalue weighted by molar-refractivity contribution is -0.117. The fourth-order valence-electron chi connectivity index (χ4n) is 3.04. The van der Waals surface area contributed by atoms with Gasteiger partial charge in [0.1, 0.15) is 5.69 Å². The maximum absolute atomic E-state index is 12.4. The molecule has 130 valence electrons. The molecule has 6 heteroatoms. The molecule has 1 saturated heterocycles. The van der Waals surface area contributed by atoms with Crippen LogP contribution >= 0.6 is 0 Å². The highest BCUT2D eigenvalue weighted by molar-refractivity contribution is 6.03. The Kier molecular flexibility index (Phi) is 4.23. The van der Waals surface area contributed by atoms with Crippen LogP contribution in [0.2, 0.25) is 0 Å². The second-order valence-corrected chi connectivity index (χ2v) is 6.18. The van der Waals surface area contributed by atoms with E-state index in [0.29, 0.717) is 17.8 Å². The summed E-state index contributed by atoms with van der Waals surface area (Å²) in [5.74, 6) is -0.114. The summed E-state index contributed by atoms with van der Waals surface area (Å²) in [6.07, 6.45) is 1.49. The van der Waals surface area contributed by atoms with Gasteiger partial charge in [-0.15, -0.1) is 0 Å². The molecule has 6 nitrogen and oxygen atoms in total. The van der Waals surface area contributed by atoms with E-state index in [2.05, 4.69) is 15.5 Å². The van der Waals surface area contributed by atoms with Gasteiger partial charge in [0.2, 0.25) is 5.91 Å². The Balaban J connectivity index is 1.45. The molecule has 0 spiro atoms. The molecule has 0 unspecified atom stereocenters. The number of benzene rings is 2. The molecule has 1 aromatic heterocycles. The van der Waals surface area contributed by atoms with Crippen molar-refractivity contribution in [3.63, 3.8) is 0 Å². The van der Waals surface area contributed by atoms with Crippen LogP contribution in [0.15, 0.2) is 60.7 Å². The lowest BCUT2D eigenvalue weighted by Gasteiger charge is -2.16. The molecular formula is C20H18N4O2. The largest absolute Gasteiger partial charge is 0.321 e. The number of nitrogens with zero attached hydrogens (tertiary/aromatic N) is 2. The molecule has 0 atom stereocenters. The molecule has 0 aliphatic carbocycles. The van der Waals surface area contributed by atoms with Gasteiger partial charge in [-0.1, -0.05) is 30.3 Å². The van der Waals surface area contributed by atoms with Gasteiger partial charge in [0.25, 0.3) is 5.91 Å². The molecule has 0 saturated carbocycles. The van der Waals surface area contributed by atoms with E-state index in [0.717, 1.165) is 29.9 Å². The van der Waals surface area contributed by atoms with Gasteiger partial charge in [-0.2, -0.15) is 5.10 Å². The van der Waals surface area contributed by atoms with E-state index < -0.39 is 0 Å². The number of carbonyl (C=O) groups excluding carboxylic acids is 2. The Bertz CT molecular complexity index is 932. The van der Waals surface area contributed by atoms with Crippen molar-refractivity contribution >= 4 is 23.2 Å². The van der Waals surface area contributed by atoms with Gasteiger partial charge in [0.05, 0.1) is 5.69 Å². The lowest BCUT2D eigenvalue weighted by Crippen LogP contribution is -2.23. The third kappa shape index (κ3) is 3.21. The van der Waals surface area contributed by atoms with Crippen molar-refractivity contribution in [3.05, 3.63) is 66.4 Å². The monoisotopic (exact) mass is 346 g/mol. The number of hydrogen-bond acceptors (Lipinski definition) is 3. The van der Waals surface area contributed by atoms with E-state index in [4.69, 9.17) is 0 Å². The minimum absolute atomic E-state index is 0.146. The molecule has 1 aliphatic heterocycles. The maximum atomic E-state index is 12.4. The quantitative estimate of drug-likeness (QED) is 0.759. The van der Waals surface area contributed by atoms with Gasteiger partial charge < -0.3 is 10.2 Å². The number of anilines is 2. The Morgan fingerprint density at radius 3 is 2.54 bits per heavy atom. The standard InChI is InChI=1S/C20H18N4O2/c25-19-7-4-12-24(19)16-10-8-15(9-11-16)21-20(26)18-13-17(22-23-18)14-5-2-1-3-6-14/h1-3,5-6,8-11,13H,4,7,12H2,(H,21,26)(H,22,23). The summed E-state index contributed by atoms with van der Waals surface area (Å²) >= 11 is 0. The number of aromatic nitrogens is 2. The number of H-pyrrole nitrogens is 1. The molecule has 4 rings (SSSR count). The first kappa shape index (κ1) is 16.1. The van der Waals surface area contributed by atoms with Gasteiger partial charge in [-0.05, 0) is 36.8 Å². The lowest BCUT2D eigenvalue weighted by atomic mass is 10.1. The van der Waals surface area contributed by atoms with Crippen molar-refractivity contribution < 1.29 is 9.59 Å². The molecule has 0 bridgehead atoms. The average Bonchev–Trinajstić information content (AvgIpc) is 3.32. The van der Waals surface area contributed by atoms with Crippen molar-refractivity contribution in [2.24, 2.45) is 0 Å². The van der Waals surface area contributed by atoms with E-state index in [1.54, 1.807) is 23.1 Å². The normalized spacial score (nSPS) is 13.8. The molecule has 2 N–H and O–H groups in total. The van der Waals surface area contributed by atoms with Crippen molar-refractivity contribution in [1.29, 1.82) is 0 Å². The van der Waals surface area contributed by atoms with Crippen molar-refractivity contribution in [3.8, 4) is 11.3 Å². The Labute approximate surface area is 150 Å². The van der Waals surface area contributed by atoms with E-state index in [9.17, 15) is 9.59 Å². The highest BCUT2D eigenvalue weighted by atomic mass is 16.2. The minimum Gasteiger partial charge on any atom is -0.321 e. The zero-order valence-electron chi connectivity index (χ0n) is 14.1. The SMILES string of the molecule is O=C(Nc1ccc(N2CCCC2=O)cc1)c1cc(-c2ccccc2)n[nH]1. The summed E-state index contributed by atoms with van der Waals surface area (Å²) in [7, 11) is 0. The van der Waals surface area contributed by atoms with E-state index in [-0.39, 0.29) is 11.8 Å². The molecule has 3 aromatic rings. The fourth-order valence-corrected chi connectivity index (χ4v) is 3.04. The molecule has 0 radical (unpaired) electrons. The number of nitrogens with one attached hydrogen (secondary N) is 2. The topological polar surface area (TPSA) is 78.1 Å². The Hall–Kier alpha value is -3.41.